The normalized spacial score (nSPS) is 12.5. The summed E-state index contributed by atoms with van der Waals surface area (Å²) in [5, 5.41) is 9.88. The summed E-state index contributed by atoms with van der Waals surface area (Å²) in [6.07, 6.45) is -0.575. The van der Waals surface area contributed by atoms with Gasteiger partial charge in [-0.1, -0.05) is 48.0 Å². The molecule has 3 heteroatoms. The molecule has 0 heterocycles. The van der Waals surface area contributed by atoms with Crippen molar-refractivity contribution in [3.63, 3.8) is 0 Å². The number of benzene rings is 2. The van der Waals surface area contributed by atoms with E-state index < -0.39 is 6.10 Å². The molecule has 0 saturated carbocycles. The van der Waals surface area contributed by atoms with Gasteiger partial charge in [0.25, 0.3) is 0 Å². The molecule has 2 nitrogen and oxygen atoms in total. The molecule has 2 aromatic carbocycles. The van der Waals surface area contributed by atoms with E-state index in [1.54, 1.807) is 6.92 Å². The van der Waals surface area contributed by atoms with E-state index in [0.717, 1.165) is 21.3 Å². The van der Waals surface area contributed by atoms with E-state index >= 15 is 0 Å². The molecule has 0 radical (unpaired) electrons. The molecular weight excluding hydrogens is 316 g/mol. The van der Waals surface area contributed by atoms with Crippen LogP contribution in [0.15, 0.2) is 46.9 Å². The van der Waals surface area contributed by atoms with Gasteiger partial charge < -0.3 is 9.84 Å². The summed E-state index contributed by atoms with van der Waals surface area (Å²) < 4.78 is 6.97. The molecule has 0 aliphatic rings. The number of ether oxygens (including phenoxy) is 1. The Morgan fingerprint density at radius 2 is 1.60 bits per heavy atom. The second-order valence-corrected chi connectivity index (χ2v) is 6.07. The smallest absolute Gasteiger partial charge is 0.133 e. The molecular formula is C17H19BrO2. The number of hydrogen-bond acceptors (Lipinski definition) is 2. The monoisotopic (exact) mass is 334 g/mol. The molecule has 0 amide bonds. The fourth-order valence-electron chi connectivity index (χ4n) is 2.11. The van der Waals surface area contributed by atoms with Crippen molar-refractivity contribution in [2.75, 3.05) is 0 Å². The van der Waals surface area contributed by atoms with Gasteiger partial charge in [0.15, 0.2) is 0 Å². The average molecular weight is 335 g/mol. The summed E-state index contributed by atoms with van der Waals surface area (Å²) in [7, 11) is 0. The Bertz CT molecular complexity index is 591. The summed E-state index contributed by atoms with van der Waals surface area (Å²) in [4.78, 5) is 0. The first-order chi connectivity index (χ1) is 9.49. The van der Waals surface area contributed by atoms with Crippen LogP contribution in [0.5, 0.6) is 11.5 Å². The maximum absolute atomic E-state index is 9.88. The van der Waals surface area contributed by atoms with Crippen molar-refractivity contribution in [2.45, 2.75) is 32.8 Å². The molecule has 2 aromatic rings. The lowest BCUT2D eigenvalue weighted by molar-refractivity contribution is 0.195. The van der Waals surface area contributed by atoms with Crippen molar-refractivity contribution in [1.82, 2.24) is 0 Å². The minimum Gasteiger partial charge on any atom is -0.457 e. The predicted molar refractivity (Wildman–Crippen MR) is 85.4 cm³/mol. The van der Waals surface area contributed by atoms with Crippen LogP contribution in [0, 0.1) is 0 Å². The first kappa shape index (κ1) is 15.1. The predicted octanol–water partition coefficient (Wildman–Crippen LogP) is 5.42. The number of halogens is 1. The van der Waals surface area contributed by atoms with E-state index in [-0.39, 0.29) is 0 Å². The second kappa shape index (κ2) is 6.42. The largest absolute Gasteiger partial charge is 0.457 e. The summed E-state index contributed by atoms with van der Waals surface area (Å²) in [5.41, 5.74) is 1.94. The third-order valence-corrected chi connectivity index (χ3v) is 3.68. The van der Waals surface area contributed by atoms with Crippen LogP contribution in [0.3, 0.4) is 0 Å². The molecule has 0 aromatic heterocycles. The fraction of sp³-hybridized carbons (Fsp3) is 0.294. The van der Waals surface area contributed by atoms with Crippen LogP contribution in [0.25, 0.3) is 0 Å². The van der Waals surface area contributed by atoms with Gasteiger partial charge >= 0.3 is 0 Å². The van der Waals surface area contributed by atoms with Gasteiger partial charge in [-0.05, 0) is 42.7 Å². The van der Waals surface area contributed by atoms with Crippen molar-refractivity contribution >= 4 is 15.9 Å². The highest BCUT2D eigenvalue weighted by molar-refractivity contribution is 9.10. The minimum atomic E-state index is -0.575. The molecule has 2 rings (SSSR count). The van der Waals surface area contributed by atoms with E-state index in [4.69, 9.17) is 4.74 Å². The van der Waals surface area contributed by atoms with Gasteiger partial charge in [0.05, 0.1) is 6.10 Å². The first-order valence-corrected chi connectivity index (χ1v) is 7.52. The molecule has 1 atom stereocenters. The Labute approximate surface area is 128 Å². The lowest BCUT2D eigenvalue weighted by Gasteiger charge is -2.17. The van der Waals surface area contributed by atoms with Crippen molar-refractivity contribution in [1.29, 1.82) is 0 Å². The Hall–Kier alpha value is -1.32. The molecule has 20 heavy (non-hydrogen) atoms. The summed E-state index contributed by atoms with van der Waals surface area (Å²) in [5.74, 6) is 1.92. The molecule has 1 N–H and O–H groups in total. The highest BCUT2D eigenvalue weighted by atomic mass is 79.9. The zero-order valence-corrected chi connectivity index (χ0v) is 13.5. The van der Waals surface area contributed by atoms with Crippen LogP contribution in [0.4, 0.5) is 0 Å². The van der Waals surface area contributed by atoms with Crippen LogP contribution in [-0.2, 0) is 0 Å². The number of hydrogen-bond donors (Lipinski definition) is 1. The van der Waals surface area contributed by atoms with E-state index in [0.29, 0.717) is 11.7 Å². The summed E-state index contributed by atoms with van der Waals surface area (Å²) in [6.45, 7) is 6.02. The Morgan fingerprint density at radius 1 is 0.950 bits per heavy atom. The fourth-order valence-corrected chi connectivity index (χ4v) is 2.49. The lowest BCUT2D eigenvalue weighted by atomic mass is 10.0. The van der Waals surface area contributed by atoms with Gasteiger partial charge in [0.1, 0.15) is 11.5 Å². The van der Waals surface area contributed by atoms with Gasteiger partial charge in [-0.2, -0.15) is 0 Å². The van der Waals surface area contributed by atoms with Crippen LogP contribution < -0.4 is 4.74 Å². The highest BCUT2D eigenvalue weighted by Crippen LogP contribution is 2.35. The van der Waals surface area contributed by atoms with Crippen LogP contribution in [0.1, 0.15) is 43.9 Å². The maximum Gasteiger partial charge on any atom is 0.133 e. The number of aliphatic hydroxyl groups is 1. The summed E-state index contributed by atoms with van der Waals surface area (Å²) in [6, 6.07) is 13.7. The molecule has 1 unspecified atom stereocenters. The highest BCUT2D eigenvalue weighted by Gasteiger charge is 2.13. The number of aliphatic hydroxyl groups excluding tert-OH is 1. The van der Waals surface area contributed by atoms with Crippen LogP contribution in [-0.4, -0.2) is 5.11 Å². The van der Waals surface area contributed by atoms with Gasteiger partial charge in [-0.3, -0.25) is 0 Å². The van der Waals surface area contributed by atoms with Gasteiger partial charge in [-0.15, -0.1) is 0 Å². The van der Waals surface area contributed by atoms with Gasteiger partial charge in [0, 0.05) is 10.0 Å². The third-order valence-electron chi connectivity index (χ3n) is 3.18. The molecule has 0 aliphatic heterocycles. The van der Waals surface area contributed by atoms with Gasteiger partial charge in [0.2, 0.25) is 0 Å². The number of para-hydroxylation sites is 1. The molecule has 0 spiro atoms. The molecule has 0 bridgehead atoms. The van der Waals surface area contributed by atoms with Crippen molar-refractivity contribution in [2.24, 2.45) is 0 Å². The maximum atomic E-state index is 9.88. The first-order valence-electron chi connectivity index (χ1n) is 6.73. The zero-order valence-electron chi connectivity index (χ0n) is 11.9. The molecule has 106 valence electrons. The van der Waals surface area contributed by atoms with Gasteiger partial charge in [-0.25, -0.2) is 0 Å². The van der Waals surface area contributed by atoms with Crippen molar-refractivity contribution in [3.8, 4) is 11.5 Å². The van der Waals surface area contributed by atoms with E-state index in [1.165, 1.54) is 0 Å². The topological polar surface area (TPSA) is 29.5 Å². The lowest BCUT2D eigenvalue weighted by Crippen LogP contribution is -1.99. The average Bonchev–Trinajstić information content (AvgIpc) is 2.41. The van der Waals surface area contributed by atoms with E-state index in [1.807, 2.05) is 36.4 Å². The van der Waals surface area contributed by atoms with E-state index in [2.05, 4.69) is 35.8 Å². The molecule has 0 aliphatic carbocycles. The molecule has 0 saturated heterocycles. The second-order valence-electron chi connectivity index (χ2n) is 5.15. The zero-order chi connectivity index (χ0) is 14.7. The number of rotatable bonds is 4. The molecule has 0 fully saturated rings. The van der Waals surface area contributed by atoms with Crippen LogP contribution in [0.2, 0.25) is 0 Å². The third kappa shape index (κ3) is 3.41. The Balaban J connectivity index is 2.40. The van der Waals surface area contributed by atoms with Crippen molar-refractivity contribution in [3.05, 3.63) is 58.1 Å². The van der Waals surface area contributed by atoms with Crippen LogP contribution >= 0.6 is 15.9 Å². The minimum absolute atomic E-state index is 0.386. The van der Waals surface area contributed by atoms with E-state index in [9.17, 15) is 5.11 Å². The Morgan fingerprint density at radius 3 is 2.25 bits per heavy atom. The quantitative estimate of drug-likeness (QED) is 0.809. The van der Waals surface area contributed by atoms with Crippen molar-refractivity contribution < 1.29 is 9.84 Å². The standard InChI is InChI=1S/C17H19BrO2/c1-11(2)14-6-4-5-7-16(14)20-17-9-8-13(18)10-15(17)12(3)19/h4-12,19H,1-3H3. The Kier molecular flexibility index (Phi) is 4.84. The summed E-state index contributed by atoms with van der Waals surface area (Å²) >= 11 is 3.42. The SMILES string of the molecule is CC(C)c1ccccc1Oc1ccc(Br)cc1C(C)O.